The van der Waals surface area contributed by atoms with Crippen molar-refractivity contribution in [3.8, 4) is 0 Å². The number of aliphatic hydroxyl groups is 1. The minimum atomic E-state index is -0.479. The van der Waals surface area contributed by atoms with Gasteiger partial charge >= 0.3 is 0 Å². The summed E-state index contributed by atoms with van der Waals surface area (Å²) in [4.78, 5) is 0. The van der Waals surface area contributed by atoms with Crippen LogP contribution in [-0.4, -0.2) is 16.2 Å². The number of nitrogens with zero attached hydrogens (tertiary/aromatic N) is 1. The van der Waals surface area contributed by atoms with Crippen molar-refractivity contribution in [2.24, 2.45) is 5.73 Å². The molecule has 0 amide bonds. The summed E-state index contributed by atoms with van der Waals surface area (Å²) in [5.41, 5.74) is 8.59. The Morgan fingerprint density at radius 2 is 2.17 bits per heavy atom. The molecule has 98 valence electrons. The van der Waals surface area contributed by atoms with Gasteiger partial charge in [0.25, 0.3) is 0 Å². The lowest BCUT2D eigenvalue weighted by atomic mass is 10.1. The van der Waals surface area contributed by atoms with E-state index in [9.17, 15) is 5.11 Å². The largest absolute Gasteiger partial charge is 0.389 e. The molecule has 18 heavy (non-hydrogen) atoms. The molecular weight excluding hydrogens is 248 g/mol. The number of aliphatic hydroxyl groups excluding tert-OH is 1. The predicted octanol–water partition coefficient (Wildman–Crippen LogP) is 3.01. The second-order valence-corrected chi connectivity index (χ2v) is 5.12. The average Bonchev–Trinajstić information content (AvgIpc) is 2.66. The van der Waals surface area contributed by atoms with Gasteiger partial charge in [-0.05, 0) is 44.5 Å². The highest BCUT2D eigenvalue weighted by atomic mass is 35.5. The molecule has 1 heterocycles. The zero-order chi connectivity index (χ0) is 13.3. The number of benzene rings is 1. The highest BCUT2D eigenvalue weighted by Crippen LogP contribution is 2.31. The zero-order valence-corrected chi connectivity index (χ0v) is 11.5. The van der Waals surface area contributed by atoms with Crippen molar-refractivity contribution >= 4 is 22.5 Å². The average molecular weight is 267 g/mol. The van der Waals surface area contributed by atoms with E-state index in [2.05, 4.69) is 4.57 Å². The van der Waals surface area contributed by atoms with Gasteiger partial charge < -0.3 is 15.4 Å². The summed E-state index contributed by atoms with van der Waals surface area (Å²) in [5, 5.41) is 11.7. The number of halogens is 1. The first-order valence-corrected chi connectivity index (χ1v) is 6.59. The SMILES string of the molecule is Cc1cc2c(C(C)O)cn(CCCN)c2cc1Cl. The molecule has 0 aliphatic heterocycles. The summed E-state index contributed by atoms with van der Waals surface area (Å²) >= 11 is 6.18. The fourth-order valence-electron chi connectivity index (χ4n) is 2.23. The quantitative estimate of drug-likeness (QED) is 0.894. The minimum Gasteiger partial charge on any atom is -0.389 e. The Kier molecular flexibility index (Phi) is 3.95. The van der Waals surface area contributed by atoms with Gasteiger partial charge in [0.05, 0.1) is 6.10 Å². The molecule has 2 rings (SSSR count). The van der Waals surface area contributed by atoms with Gasteiger partial charge in [-0.25, -0.2) is 0 Å². The topological polar surface area (TPSA) is 51.2 Å². The summed E-state index contributed by atoms with van der Waals surface area (Å²) < 4.78 is 2.12. The van der Waals surface area contributed by atoms with E-state index >= 15 is 0 Å². The number of nitrogens with two attached hydrogens (primary N) is 1. The molecule has 1 unspecified atom stereocenters. The smallest absolute Gasteiger partial charge is 0.0782 e. The molecule has 0 spiro atoms. The van der Waals surface area contributed by atoms with Gasteiger partial charge in [0.15, 0.2) is 0 Å². The summed E-state index contributed by atoms with van der Waals surface area (Å²) in [6.45, 7) is 5.26. The minimum absolute atomic E-state index is 0.479. The van der Waals surface area contributed by atoms with Gasteiger partial charge in [-0.1, -0.05) is 11.6 Å². The molecule has 3 N–H and O–H groups in total. The van der Waals surface area contributed by atoms with E-state index in [0.717, 1.165) is 40.0 Å². The number of hydrogen-bond donors (Lipinski definition) is 2. The number of aryl methyl sites for hydroxylation is 2. The lowest BCUT2D eigenvalue weighted by molar-refractivity contribution is 0.200. The zero-order valence-electron chi connectivity index (χ0n) is 10.8. The van der Waals surface area contributed by atoms with Crippen molar-refractivity contribution in [3.63, 3.8) is 0 Å². The number of rotatable bonds is 4. The van der Waals surface area contributed by atoms with Gasteiger partial charge in [-0.15, -0.1) is 0 Å². The van der Waals surface area contributed by atoms with E-state index in [4.69, 9.17) is 17.3 Å². The monoisotopic (exact) mass is 266 g/mol. The van der Waals surface area contributed by atoms with Gasteiger partial charge in [-0.3, -0.25) is 0 Å². The Morgan fingerprint density at radius 1 is 1.44 bits per heavy atom. The maximum absolute atomic E-state index is 9.85. The molecule has 0 saturated heterocycles. The first-order chi connectivity index (χ1) is 8.54. The third-order valence-corrected chi connectivity index (χ3v) is 3.65. The van der Waals surface area contributed by atoms with E-state index in [1.54, 1.807) is 6.92 Å². The third-order valence-electron chi connectivity index (χ3n) is 3.25. The summed E-state index contributed by atoms with van der Waals surface area (Å²) in [6.07, 6.45) is 2.43. The van der Waals surface area contributed by atoms with Gasteiger partial charge in [0, 0.05) is 34.2 Å². The molecule has 4 heteroatoms. The standard InChI is InChI=1S/C14H19ClN2O/c1-9-6-11-12(10(2)18)8-17(5-3-4-16)14(11)7-13(9)15/h6-8,10,18H,3-5,16H2,1-2H3. The number of hydrogen-bond acceptors (Lipinski definition) is 2. The van der Waals surface area contributed by atoms with E-state index < -0.39 is 6.10 Å². The summed E-state index contributed by atoms with van der Waals surface area (Å²) in [5.74, 6) is 0. The van der Waals surface area contributed by atoms with Gasteiger partial charge in [-0.2, -0.15) is 0 Å². The highest BCUT2D eigenvalue weighted by Gasteiger charge is 2.13. The molecule has 0 aliphatic rings. The van der Waals surface area contributed by atoms with Crippen molar-refractivity contribution in [3.05, 3.63) is 34.5 Å². The maximum atomic E-state index is 9.85. The molecule has 1 aromatic carbocycles. The number of fused-ring (bicyclic) bond motifs is 1. The van der Waals surface area contributed by atoms with Gasteiger partial charge in [0.1, 0.15) is 0 Å². The lowest BCUT2D eigenvalue weighted by Crippen LogP contribution is -2.04. The normalized spacial score (nSPS) is 13.2. The second kappa shape index (κ2) is 5.31. The fraction of sp³-hybridized carbons (Fsp3) is 0.429. The van der Waals surface area contributed by atoms with Crippen molar-refractivity contribution in [2.45, 2.75) is 32.9 Å². The van der Waals surface area contributed by atoms with E-state index in [0.29, 0.717) is 6.54 Å². The fourth-order valence-corrected chi connectivity index (χ4v) is 2.38. The lowest BCUT2D eigenvalue weighted by Gasteiger charge is -2.05. The second-order valence-electron chi connectivity index (χ2n) is 4.71. The molecule has 0 radical (unpaired) electrons. The summed E-state index contributed by atoms with van der Waals surface area (Å²) in [6, 6.07) is 4.01. The van der Waals surface area contributed by atoms with Crippen LogP contribution in [-0.2, 0) is 6.54 Å². The van der Waals surface area contributed by atoms with E-state index in [1.807, 2.05) is 25.3 Å². The van der Waals surface area contributed by atoms with E-state index in [1.165, 1.54) is 0 Å². The van der Waals surface area contributed by atoms with Gasteiger partial charge in [0.2, 0.25) is 0 Å². The van der Waals surface area contributed by atoms with Crippen LogP contribution >= 0.6 is 11.6 Å². The Hall–Kier alpha value is -1.03. The predicted molar refractivity (Wildman–Crippen MR) is 76.0 cm³/mol. The first-order valence-electron chi connectivity index (χ1n) is 6.21. The molecule has 3 nitrogen and oxygen atoms in total. The highest BCUT2D eigenvalue weighted by molar-refractivity contribution is 6.32. The van der Waals surface area contributed by atoms with Crippen LogP contribution < -0.4 is 5.73 Å². The Morgan fingerprint density at radius 3 is 2.78 bits per heavy atom. The molecular formula is C14H19ClN2O. The van der Waals surface area contributed by atoms with Crippen molar-refractivity contribution in [1.29, 1.82) is 0 Å². The molecule has 0 fully saturated rings. The number of aromatic nitrogens is 1. The van der Waals surface area contributed by atoms with Crippen LogP contribution in [0.2, 0.25) is 5.02 Å². The molecule has 1 atom stereocenters. The molecule has 0 saturated carbocycles. The maximum Gasteiger partial charge on any atom is 0.0782 e. The van der Waals surface area contributed by atoms with Crippen molar-refractivity contribution in [2.75, 3.05) is 6.54 Å². The van der Waals surface area contributed by atoms with Crippen molar-refractivity contribution < 1.29 is 5.11 Å². The van der Waals surface area contributed by atoms with Crippen LogP contribution in [0.15, 0.2) is 18.3 Å². The molecule has 0 aliphatic carbocycles. The van der Waals surface area contributed by atoms with Crippen LogP contribution in [0.1, 0.15) is 30.6 Å². The molecule has 0 bridgehead atoms. The van der Waals surface area contributed by atoms with Crippen LogP contribution in [0.3, 0.4) is 0 Å². The Labute approximate surface area is 112 Å². The van der Waals surface area contributed by atoms with E-state index in [-0.39, 0.29) is 0 Å². The molecule has 1 aromatic heterocycles. The van der Waals surface area contributed by atoms with Crippen LogP contribution in [0.25, 0.3) is 10.9 Å². The van der Waals surface area contributed by atoms with Crippen LogP contribution in [0.4, 0.5) is 0 Å². The first kappa shape index (κ1) is 13.4. The van der Waals surface area contributed by atoms with Crippen LogP contribution in [0.5, 0.6) is 0 Å². The summed E-state index contributed by atoms with van der Waals surface area (Å²) in [7, 11) is 0. The van der Waals surface area contributed by atoms with Crippen LogP contribution in [0, 0.1) is 6.92 Å². The Bertz CT molecular complexity index is 560. The van der Waals surface area contributed by atoms with Crippen molar-refractivity contribution in [1.82, 2.24) is 4.57 Å². The molecule has 2 aromatic rings. The Balaban J connectivity index is 2.61. The third kappa shape index (κ3) is 2.39.